The molecule has 0 bridgehead atoms. The molecule has 1 heterocycles. The van der Waals surface area contributed by atoms with Crippen LogP contribution in [0.25, 0.3) is 10.9 Å². The fourth-order valence-electron chi connectivity index (χ4n) is 4.22. The predicted octanol–water partition coefficient (Wildman–Crippen LogP) is 5.46. The third-order valence-electron chi connectivity index (χ3n) is 5.62. The van der Waals surface area contributed by atoms with Crippen molar-refractivity contribution in [2.75, 3.05) is 0 Å². The van der Waals surface area contributed by atoms with Crippen LogP contribution in [0.5, 0.6) is 0 Å². The van der Waals surface area contributed by atoms with Crippen LogP contribution in [0, 0.1) is 11.7 Å². The van der Waals surface area contributed by atoms with Crippen LogP contribution in [0.2, 0.25) is 0 Å². The van der Waals surface area contributed by atoms with Crippen LogP contribution >= 0.6 is 0 Å². The van der Waals surface area contributed by atoms with Crippen molar-refractivity contribution < 1.29 is 9.18 Å². The Labute approximate surface area is 170 Å². The molecule has 3 aromatic rings. The average Bonchev–Trinajstić information content (AvgIpc) is 3.54. The highest BCUT2D eigenvalue weighted by molar-refractivity contribution is 5.97. The maximum Gasteiger partial charge on any atom is 0.253 e. The lowest BCUT2D eigenvalue weighted by molar-refractivity contribution is 0.0882. The molecule has 1 N–H and O–H groups in total. The molecule has 4 heteroatoms. The normalized spacial score (nSPS) is 15.7. The Hall–Kier alpha value is -3.01. The van der Waals surface area contributed by atoms with Crippen molar-refractivity contribution in [2.45, 2.75) is 38.1 Å². The Morgan fingerprint density at radius 1 is 1.21 bits per heavy atom. The van der Waals surface area contributed by atoms with Gasteiger partial charge in [0.25, 0.3) is 5.91 Å². The van der Waals surface area contributed by atoms with E-state index in [0.717, 1.165) is 31.3 Å². The number of halogens is 1. The fraction of sp³-hybridized carbons (Fsp3) is 0.280. The van der Waals surface area contributed by atoms with E-state index in [4.69, 9.17) is 0 Å². The number of rotatable bonds is 7. The number of carbonyl (C=O) groups excluding carboxylic acids is 1. The Bertz CT molecular complexity index is 1060. The first kappa shape index (κ1) is 19.3. The van der Waals surface area contributed by atoms with E-state index in [1.165, 1.54) is 17.8 Å². The summed E-state index contributed by atoms with van der Waals surface area (Å²) >= 11 is 0. The standard InChI is InChI=1S/C25H25FN2O/c1-17(2)14-25(21-11-12-21,15-18-7-4-3-5-8-18)28-24(29)20-13-19-9-6-10-22(26)23(19)27-16-20/h3-10,13,16,21H,1,11-12,14-15H2,2H3,(H,28,29). The number of hydrogen-bond acceptors (Lipinski definition) is 2. The van der Waals surface area contributed by atoms with Gasteiger partial charge in [-0.2, -0.15) is 0 Å². The van der Waals surface area contributed by atoms with Crippen LogP contribution < -0.4 is 5.32 Å². The second-order valence-electron chi connectivity index (χ2n) is 8.22. The first-order valence-electron chi connectivity index (χ1n) is 10.0. The number of fused-ring (bicyclic) bond motifs is 1. The van der Waals surface area contributed by atoms with Crippen molar-refractivity contribution in [3.63, 3.8) is 0 Å². The van der Waals surface area contributed by atoms with Crippen molar-refractivity contribution in [2.24, 2.45) is 5.92 Å². The van der Waals surface area contributed by atoms with Crippen LogP contribution in [-0.2, 0) is 6.42 Å². The summed E-state index contributed by atoms with van der Waals surface area (Å²) in [5.41, 5.74) is 2.60. The van der Waals surface area contributed by atoms with Crippen LogP contribution in [0.3, 0.4) is 0 Å². The minimum atomic E-state index is -0.381. The van der Waals surface area contributed by atoms with Gasteiger partial charge in [-0.1, -0.05) is 48.0 Å². The van der Waals surface area contributed by atoms with Crippen molar-refractivity contribution in [1.82, 2.24) is 10.3 Å². The molecule has 1 saturated carbocycles. The maximum atomic E-state index is 13.9. The molecule has 3 nitrogen and oxygen atoms in total. The highest BCUT2D eigenvalue weighted by Crippen LogP contribution is 2.45. The Kier molecular flexibility index (Phi) is 5.18. The van der Waals surface area contributed by atoms with Crippen LogP contribution in [-0.4, -0.2) is 16.4 Å². The monoisotopic (exact) mass is 388 g/mol. The lowest BCUT2D eigenvalue weighted by atomic mass is 9.80. The van der Waals surface area contributed by atoms with E-state index >= 15 is 0 Å². The van der Waals surface area contributed by atoms with Crippen molar-refractivity contribution in [1.29, 1.82) is 0 Å². The number of para-hydroxylation sites is 1. The first-order valence-corrected chi connectivity index (χ1v) is 10.0. The zero-order valence-corrected chi connectivity index (χ0v) is 16.6. The fourth-order valence-corrected chi connectivity index (χ4v) is 4.22. The Morgan fingerprint density at radius 3 is 2.66 bits per heavy atom. The molecule has 1 unspecified atom stereocenters. The smallest absolute Gasteiger partial charge is 0.253 e. The molecule has 1 aliphatic rings. The minimum absolute atomic E-state index is 0.173. The average molecular weight is 388 g/mol. The molecule has 0 radical (unpaired) electrons. The number of benzene rings is 2. The summed E-state index contributed by atoms with van der Waals surface area (Å²) in [7, 11) is 0. The maximum absolute atomic E-state index is 13.9. The predicted molar refractivity (Wildman–Crippen MR) is 114 cm³/mol. The lowest BCUT2D eigenvalue weighted by Crippen LogP contribution is -2.52. The summed E-state index contributed by atoms with van der Waals surface area (Å²) < 4.78 is 13.9. The number of nitrogens with one attached hydrogen (secondary N) is 1. The van der Waals surface area contributed by atoms with Gasteiger partial charge in [0.05, 0.1) is 11.1 Å². The van der Waals surface area contributed by atoms with Crippen LogP contribution in [0.1, 0.15) is 42.1 Å². The van der Waals surface area contributed by atoms with E-state index in [-0.39, 0.29) is 22.8 Å². The van der Waals surface area contributed by atoms with Gasteiger partial charge in [-0.25, -0.2) is 4.39 Å². The molecule has 1 atom stereocenters. The van der Waals surface area contributed by atoms with Gasteiger partial charge < -0.3 is 5.32 Å². The van der Waals surface area contributed by atoms with Gasteiger partial charge in [0.15, 0.2) is 0 Å². The number of pyridine rings is 1. The van der Waals surface area contributed by atoms with E-state index in [0.29, 0.717) is 16.9 Å². The van der Waals surface area contributed by atoms with E-state index in [9.17, 15) is 9.18 Å². The third-order valence-corrected chi connectivity index (χ3v) is 5.62. The summed E-state index contributed by atoms with van der Waals surface area (Å²) in [5, 5.41) is 3.96. The molecule has 2 aromatic carbocycles. The number of aromatic nitrogens is 1. The molecule has 4 rings (SSSR count). The summed E-state index contributed by atoms with van der Waals surface area (Å²) in [6.45, 7) is 6.13. The molecular formula is C25H25FN2O. The summed E-state index contributed by atoms with van der Waals surface area (Å²) in [6.07, 6.45) is 5.14. The molecule has 0 aliphatic heterocycles. The summed E-state index contributed by atoms with van der Waals surface area (Å²) in [4.78, 5) is 17.4. The second kappa shape index (κ2) is 7.78. The SMILES string of the molecule is C=C(C)CC(Cc1ccccc1)(NC(=O)c1cnc2c(F)cccc2c1)C1CC1. The number of hydrogen-bond donors (Lipinski definition) is 1. The summed E-state index contributed by atoms with van der Waals surface area (Å²) in [5.74, 6) is -0.130. The zero-order chi connectivity index (χ0) is 20.4. The highest BCUT2D eigenvalue weighted by Gasteiger charge is 2.46. The largest absolute Gasteiger partial charge is 0.346 e. The van der Waals surface area contributed by atoms with E-state index in [1.807, 2.05) is 25.1 Å². The van der Waals surface area contributed by atoms with Gasteiger partial charge in [0.1, 0.15) is 11.3 Å². The van der Waals surface area contributed by atoms with E-state index < -0.39 is 0 Å². The number of nitrogens with zero attached hydrogens (tertiary/aromatic N) is 1. The first-order chi connectivity index (χ1) is 14.0. The van der Waals surface area contributed by atoms with E-state index in [1.54, 1.807) is 18.2 Å². The third kappa shape index (κ3) is 4.21. The van der Waals surface area contributed by atoms with E-state index in [2.05, 4.69) is 29.0 Å². The topological polar surface area (TPSA) is 42.0 Å². The van der Waals surface area contributed by atoms with Crippen LogP contribution in [0.4, 0.5) is 4.39 Å². The molecule has 0 saturated heterocycles. The van der Waals surface area contributed by atoms with Gasteiger partial charge >= 0.3 is 0 Å². The number of carbonyl (C=O) groups is 1. The second-order valence-corrected chi connectivity index (χ2v) is 8.22. The van der Waals surface area contributed by atoms with Crippen LogP contribution in [0.15, 0.2) is 72.9 Å². The molecule has 1 aliphatic carbocycles. The molecule has 1 amide bonds. The number of amides is 1. The van der Waals surface area contributed by atoms with Crippen molar-refractivity contribution >= 4 is 16.8 Å². The molecule has 148 valence electrons. The van der Waals surface area contributed by atoms with Gasteiger partial charge in [-0.15, -0.1) is 6.58 Å². The zero-order valence-electron chi connectivity index (χ0n) is 16.6. The van der Waals surface area contributed by atoms with Crippen molar-refractivity contribution in [3.8, 4) is 0 Å². The summed E-state index contributed by atoms with van der Waals surface area (Å²) in [6, 6.07) is 16.7. The molecule has 29 heavy (non-hydrogen) atoms. The lowest BCUT2D eigenvalue weighted by Gasteiger charge is -2.36. The van der Waals surface area contributed by atoms with Gasteiger partial charge in [0.2, 0.25) is 0 Å². The van der Waals surface area contributed by atoms with Gasteiger partial charge in [-0.3, -0.25) is 9.78 Å². The quantitative estimate of drug-likeness (QED) is 0.546. The van der Waals surface area contributed by atoms with Crippen molar-refractivity contribution in [3.05, 3.63) is 89.9 Å². The van der Waals surface area contributed by atoms with Gasteiger partial charge in [0, 0.05) is 11.6 Å². The Morgan fingerprint density at radius 2 is 1.97 bits per heavy atom. The Balaban J connectivity index is 1.66. The molecule has 0 spiro atoms. The molecule has 1 fully saturated rings. The molecular weight excluding hydrogens is 363 g/mol. The minimum Gasteiger partial charge on any atom is -0.346 e. The molecule has 1 aromatic heterocycles. The van der Waals surface area contributed by atoms with Gasteiger partial charge in [-0.05, 0) is 56.2 Å². The highest BCUT2D eigenvalue weighted by atomic mass is 19.1.